The van der Waals surface area contributed by atoms with Gasteiger partial charge in [-0.05, 0) is 51.3 Å². The maximum atomic E-state index is 12.8. The van der Waals surface area contributed by atoms with Gasteiger partial charge in [-0.25, -0.2) is 4.79 Å². The van der Waals surface area contributed by atoms with Crippen molar-refractivity contribution in [2.75, 3.05) is 18.5 Å². The van der Waals surface area contributed by atoms with Crippen molar-refractivity contribution in [1.82, 2.24) is 15.1 Å². The van der Waals surface area contributed by atoms with Crippen LogP contribution in [0.1, 0.15) is 48.3 Å². The van der Waals surface area contributed by atoms with Gasteiger partial charge >= 0.3 is 6.03 Å². The monoisotopic (exact) mass is 342 g/mol. The molecule has 1 aromatic carbocycles. The molecule has 3 rings (SSSR count). The zero-order chi connectivity index (χ0) is 17.8. The summed E-state index contributed by atoms with van der Waals surface area (Å²) in [7, 11) is 0. The largest absolute Gasteiger partial charge is 0.377 e. The number of hydrogen-bond acceptors (Lipinski definition) is 3. The Balaban J connectivity index is 1.68. The number of aromatic amines is 1. The molecule has 1 aromatic heterocycles. The summed E-state index contributed by atoms with van der Waals surface area (Å²) in [5.74, 6) is 0. The van der Waals surface area contributed by atoms with Gasteiger partial charge in [0.1, 0.15) is 0 Å². The zero-order valence-electron chi connectivity index (χ0n) is 15.1. The summed E-state index contributed by atoms with van der Waals surface area (Å²) in [5.41, 5.74) is 5.07. The molecule has 1 fully saturated rings. The lowest BCUT2D eigenvalue weighted by Crippen LogP contribution is -2.34. The highest BCUT2D eigenvalue weighted by atomic mass is 16.5. The topological polar surface area (TPSA) is 70.2 Å². The highest BCUT2D eigenvalue weighted by molar-refractivity contribution is 5.89. The van der Waals surface area contributed by atoms with Crippen molar-refractivity contribution in [1.29, 1.82) is 0 Å². The lowest BCUT2D eigenvalue weighted by atomic mass is 10.0. The van der Waals surface area contributed by atoms with E-state index in [0.29, 0.717) is 13.2 Å². The second kappa shape index (κ2) is 7.70. The third-order valence-electron chi connectivity index (χ3n) is 4.71. The molecule has 2 aromatic rings. The van der Waals surface area contributed by atoms with Crippen LogP contribution in [0.2, 0.25) is 0 Å². The van der Waals surface area contributed by atoms with Crippen molar-refractivity contribution in [2.45, 2.75) is 46.3 Å². The van der Waals surface area contributed by atoms with Gasteiger partial charge in [0.05, 0.1) is 18.3 Å². The molecule has 6 heteroatoms. The van der Waals surface area contributed by atoms with E-state index in [1.165, 1.54) is 0 Å². The normalized spacial score (nSPS) is 17.1. The number of urea groups is 1. The van der Waals surface area contributed by atoms with Crippen LogP contribution in [-0.4, -0.2) is 34.3 Å². The third-order valence-corrected chi connectivity index (χ3v) is 4.71. The fourth-order valence-electron chi connectivity index (χ4n) is 3.46. The lowest BCUT2D eigenvalue weighted by Gasteiger charge is -2.25. The molecule has 1 atom stereocenters. The van der Waals surface area contributed by atoms with Crippen LogP contribution in [0.3, 0.4) is 0 Å². The quantitative estimate of drug-likeness (QED) is 0.865. The highest BCUT2D eigenvalue weighted by Crippen LogP contribution is 2.35. The van der Waals surface area contributed by atoms with Crippen LogP contribution in [0.15, 0.2) is 24.3 Å². The van der Waals surface area contributed by atoms with Crippen molar-refractivity contribution in [3.63, 3.8) is 0 Å². The number of amides is 2. The number of H-pyrrole nitrogens is 1. The van der Waals surface area contributed by atoms with Crippen molar-refractivity contribution in [3.05, 3.63) is 46.8 Å². The summed E-state index contributed by atoms with van der Waals surface area (Å²) in [6.07, 6.45) is 1.98. The number of carbonyl (C=O) groups excluding carboxylic acids is 1. The van der Waals surface area contributed by atoms with Gasteiger partial charge in [0.25, 0.3) is 0 Å². The van der Waals surface area contributed by atoms with E-state index < -0.39 is 0 Å². The van der Waals surface area contributed by atoms with E-state index >= 15 is 0 Å². The van der Waals surface area contributed by atoms with Gasteiger partial charge in [-0.2, -0.15) is 5.10 Å². The van der Waals surface area contributed by atoms with E-state index in [2.05, 4.69) is 15.5 Å². The Morgan fingerprint density at radius 2 is 2.12 bits per heavy atom. The molecule has 25 heavy (non-hydrogen) atoms. The Hall–Kier alpha value is -2.34. The van der Waals surface area contributed by atoms with Crippen LogP contribution in [0.4, 0.5) is 10.5 Å². The van der Waals surface area contributed by atoms with Crippen LogP contribution in [0.5, 0.6) is 0 Å². The van der Waals surface area contributed by atoms with Gasteiger partial charge in [-0.3, -0.25) is 5.10 Å². The molecule has 0 bridgehead atoms. The molecule has 0 unspecified atom stereocenters. The SMILES string of the molecule is CCOCc1ccc(NC(=O)N2CCC[C@@H]2c2c(C)n[nH]c2C)cc1. The van der Waals surface area contributed by atoms with Crippen molar-refractivity contribution in [2.24, 2.45) is 0 Å². The van der Waals surface area contributed by atoms with E-state index in [-0.39, 0.29) is 12.1 Å². The Morgan fingerprint density at radius 1 is 1.36 bits per heavy atom. The molecule has 1 saturated heterocycles. The highest BCUT2D eigenvalue weighted by Gasteiger charge is 2.33. The second-order valence-corrected chi connectivity index (χ2v) is 6.46. The first-order valence-electron chi connectivity index (χ1n) is 8.86. The first-order chi connectivity index (χ1) is 12.1. The molecule has 0 saturated carbocycles. The summed E-state index contributed by atoms with van der Waals surface area (Å²) < 4.78 is 5.40. The van der Waals surface area contributed by atoms with Gasteiger partial charge in [-0.1, -0.05) is 12.1 Å². The average molecular weight is 342 g/mol. The van der Waals surface area contributed by atoms with Gasteiger partial charge in [0.2, 0.25) is 0 Å². The molecule has 134 valence electrons. The van der Waals surface area contributed by atoms with E-state index in [9.17, 15) is 4.79 Å². The van der Waals surface area contributed by atoms with Gasteiger partial charge < -0.3 is 15.0 Å². The molecule has 0 radical (unpaired) electrons. The number of hydrogen-bond donors (Lipinski definition) is 2. The van der Waals surface area contributed by atoms with E-state index in [1.807, 2.05) is 49.9 Å². The van der Waals surface area contributed by atoms with Gasteiger partial charge in [0, 0.05) is 30.1 Å². The summed E-state index contributed by atoms with van der Waals surface area (Å²) in [6, 6.07) is 7.85. The second-order valence-electron chi connectivity index (χ2n) is 6.46. The fraction of sp³-hybridized carbons (Fsp3) is 0.474. The summed E-state index contributed by atoms with van der Waals surface area (Å²) in [6.45, 7) is 8.04. The van der Waals surface area contributed by atoms with Crippen LogP contribution in [-0.2, 0) is 11.3 Å². The van der Waals surface area contributed by atoms with E-state index in [0.717, 1.165) is 47.6 Å². The number of nitrogens with one attached hydrogen (secondary N) is 2. The standard InChI is InChI=1S/C19H26N4O2/c1-4-25-12-15-7-9-16(10-8-15)20-19(24)23-11-5-6-17(23)18-13(2)21-22-14(18)3/h7-10,17H,4-6,11-12H2,1-3H3,(H,20,24)(H,21,22)/t17-/m1/s1. The van der Waals surface area contributed by atoms with Crippen LogP contribution in [0.25, 0.3) is 0 Å². The van der Waals surface area contributed by atoms with Crippen LogP contribution >= 0.6 is 0 Å². The van der Waals surface area contributed by atoms with Crippen LogP contribution in [0, 0.1) is 13.8 Å². The van der Waals surface area contributed by atoms with Crippen molar-refractivity contribution in [3.8, 4) is 0 Å². The fourth-order valence-corrected chi connectivity index (χ4v) is 3.46. The molecule has 1 aliphatic rings. The maximum absolute atomic E-state index is 12.8. The van der Waals surface area contributed by atoms with Gasteiger partial charge in [-0.15, -0.1) is 0 Å². The number of ether oxygens (including phenoxy) is 1. The minimum Gasteiger partial charge on any atom is -0.377 e. The summed E-state index contributed by atoms with van der Waals surface area (Å²) in [4.78, 5) is 14.7. The number of carbonyl (C=O) groups is 1. The summed E-state index contributed by atoms with van der Waals surface area (Å²) >= 11 is 0. The molecule has 2 amide bonds. The molecule has 1 aliphatic heterocycles. The molecule has 6 nitrogen and oxygen atoms in total. The zero-order valence-corrected chi connectivity index (χ0v) is 15.1. The number of benzene rings is 1. The maximum Gasteiger partial charge on any atom is 0.322 e. The minimum absolute atomic E-state index is 0.0555. The Kier molecular flexibility index (Phi) is 5.38. The first kappa shape index (κ1) is 17.5. The smallest absolute Gasteiger partial charge is 0.322 e. The average Bonchev–Trinajstić information content (AvgIpc) is 3.20. The third kappa shape index (κ3) is 3.85. The first-order valence-corrected chi connectivity index (χ1v) is 8.86. The number of aryl methyl sites for hydroxylation is 2. The number of nitrogens with zero attached hydrogens (tertiary/aromatic N) is 2. The Morgan fingerprint density at radius 3 is 2.76 bits per heavy atom. The molecular formula is C19H26N4O2. The number of rotatable bonds is 5. The number of likely N-dealkylation sites (tertiary alicyclic amines) is 1. The Labute approximate surface area is 148 Å². The number of anilines is 1. The molecule has 0 aliphatic carbocycles. The van der Waals surface area contributed by atoms with Crippen molar-refractivity contribution < 1.29 is 9.53 Å². The Bertz CT molecular complexity index is 704. The molecule has 2 heterocycles. The number of aromatic nitrogens is 2. The van der Waals surface area contributed by atoms with Crippen LogP contribution < -0.4 is 5.32 Å². The summed E-state index contributed by atoms with van der Waals surface area (Å²) in [5, 5.41) is 10.3. The predicted molar refractivity (Wildman–Crippen MR) is 97.5 cm³/mol. The van der Waals surface area contributed by atoms with E-state index in [4.69, 9.17) is 4.74 Å². The van der Waals surface area contributed by atoms with Gasteiger partial charge in [0.15, 0.2) is 0 Å². The van der Waals surface area contributed by atoms with Crippen molar-refractivity contribution >= 4 is 11.7 Å². The minimum atomic E-state index is -0.0555. The van der Waals surface area contributed by atoms with E-state index in [1.54, 1.807) is 0 Å². The lowest BCUT2D eigenvalue weighted by molar-refractivity contribution is 0.134. The molecule has 0 spiro atoms. The molecular weight excluding hydrogens is 316 g/mol. The molecule has 2 N–H and O–H groups in total. The predicted octanol–water partition coefficient (Wildman–Crippen LogP) is 3.93.